The van der Waals surface area contributed by atoms with Gasteiger partial charge in [-0.25, -0.2) is 4.39 Å². The van der Waals surface area contributed by atoms with Gasteiger partial charge in [0.15, 0.2) is 0 Å². The van der Waals surface area contributed by atoms with Gasteiger partial charge < -0.3 is 9.80 Å². The normalized spacial score (nSPS) is 29.8. The Kier molecular flexibility index (Phi) is 2.36. The molecule has 0 spiro atoms. The van der Waals surface area contributed by atoms with Gasteiger partial charge in [-0.3, -0.25) is 0 Å². The van der Waals surface area contributed by atoms with Crippen LogP contribution in [0, 0.1) is 17.7 Å². The van der Waals surface area contributed by atoms with Crippen LogP contribution in [0.1, 0.15) is 0 Å². The Bertz CT molecular complexity index is 362. The average molecular weight is 220 g/mol. The second-order valence-electron chi connectivity index (χ2n) is 5.12. The molecule has 86 valence electrons. The van der Waals surface area contributed by atoms with Crippen molar-refractivity contribution in [3.63, 3.8) is 0 Å². The smallest absolute Gasteiger partial charge is 0.123 e. The van der Waals surface area contributed by atoms with E-state index in [9.17, 15) is 4.39 Å². The molecule has 2 fully saturated rings. The lowest BCUT2D eigenvalue weighted by molar-refractivity contribution is 0.387. The first-order chi connectivity index (χ1) is 7.72. The topological polar surface area (TPSA) is 6.48 Å². The van der Waals surface area contributed by atoms with Crippen LogP contribution in [0.25, 0.3) is 0 Å². The third-order valence-corrected chi connectivity index (χ3v) is 3.86. The fourth-order valence-electron chi connectivity index (χ4n) is 3.09. The van der Waals surface area contributed by atoms with E-state index in [0.29, 0.717) is 0 Å². The number of anilines is 1. The van der Waals surface area contributed by atoms with Crippen LogP contribution in [0.2, 0.25) is 0 Å². The molecular formula is C13H17FN2. The van der Waals surface area contributed by atoms with Crippen LogP contribution in [-0.2, 0) is 0 Å². The van der Waals surface area contributed by atoms with Gasteiger partial charge >= 0.3 is 0 Å². The summed E-state index contributed by atoms with van der Waals surface area (Å²) >= 11 is 0. The number of likely N-dealkylation sites (tertiary alicyclic amines) is 1. The maximum absolute atomic E-state index is 12.8. The average Bonchev–Trinajstić information content (AvgIpc) is 2.75. The third kappa shape index (κ3) is 1.69. The van der Waals surface area contributed by atoms with Crippen molar-refractivity contribution < 1.29 is 4.39 Å². The zero-order chi connectivity index (χ0) is 11.1. The van der Waals surface area contributed by atoms with E-state index in [2.05, 4.69) is 16.8 Å². The lowest BCUT2D eigenvalue weighted by Gasteiger charge is -2.21. The van der Waals surface area contributed by atoms with Crippen LogP contribution in [0.15, 0.2) is 24.3 Å². The Balaban J connectivity index is 1.73. The van der Waals surface area contributed by atoms with Crippen LogP contribution in [0.5, 0.6) is 0 Å². The molecule has 2 heterocycles. The van der Waals surface area contributed by atoms with Gasteiger partial charge in [-0.15, -0.1) is 0 Å². The summed E-state index contributed by atoms with van der Waals surface area (Å²) in [6.45, 7) is 4.67. The van der Waals surface area contributed by atoms with Crippen LogP contribution in [-0.4, -0.2) is 38.1 Å². The van der Waals surface area contributed by atoms with E-state index >= 15 is 0 Å². The first-order valence-corrected chi connectivity index (χ1v) is 5.91. The summed E-state index contributed by atoms with van der Waals surface area (Å²) in [6, 6.07) is 6.88. The number of hydrogen-bond donors (Lipinski definition) is 0. The first-order valence-electron chi connectivity index (χ1n) is 5.91. The second kappa shape index (κ2) is 3.74. The SMILES string of the molecule is CN1C[C@@H]2CN(c3ccc(F)cc3)C[C@H]2C1. The summed E-state index contributed by atoms with van der Waals surface area (Å²) in [4.78, 5) is 4.80. The van der Waals surface area contributed by atoms with Gasteiger partial charge in [0, 0.05) is 31.9 Å². The summed E-state index contributed by atoms with van der Waals surface area (Å²) in [5, 5.41) is 0. The van der Waals surface area contributed by atoms with Crippen molar-refractivity contribution in [1.82, 2.24) is 4.90 Å². The number of fused-ring (bicyclic) bond motifs is 1. The minimum absolute atomic E-state index is 0.150. The molecular weight excluding hydrogens is 203 g/mol. The zero-order valence-electron chi connectivity index (χ0n) is 9.56. The molecule has 0 radical (unpaired) electrons. The van der Waals surface area contributed by atoms with Crippen molar-refractivity contribution in [3.05, 3.63) is 30.1 Å². The van der Waals surface area contributed by atoms with Gasteiger partial charge in [-0.05, 0) is 43.1 Å². The van der Waals surface area contributed by atoms with Gasteiger partial charge in [-0.1, -0.05) is 0 Å². The molecule has 3 heteroatoms. The number of hydrogen-bond acceptors (Lipinski definition) is 2. The van der Waals surface area contributed by atoms with Gasteiger partial charge in [0.05, 0.1) is 0 Å². The van der Waals surface area contributed by atoms with Gasteiger partial charge in [-0.2, -0.15) is 0 Å². The Labute approximate surface area is 95.7 Å². The highest BCUT2D eigenvalue weighted by molar-refractivity contribution is 5.47. The quantitative estimate of drug-likeness (QED) is 0.712. The molecule has 0 saturated carbocycles. The third-order valence-electron chi connectivity index (χ3n) is 3.86. The summed E-state index contributed by atoms with van der Waals surface area (Å²) in [7, 11) is 2.19. The fraction of sp³-hybridized carbons (Fsp3) is 0.538. The number of nitrogens with zero attached hydrogens (tertiary/aromatic N) is 2. The van der Waals surface area contributed by atoms with Crippen LogP contribution < -0.4 is 4.90 Å². The van der Waals surface area contributed by atoms with Crippen molar-refractivity contribution in [1.29, 1.82) is 0 Å². The molecule has 1 aromatic rings. The van der Waals surface area contributed by atoms with Gasteiger partial charge in [0.25, 0.3) is 0 Å². The second-order valence-corrected chi connectivity index (χ2v) is 5.12. The Morgan fingerprint density at radius 1 is 1.00 bits per heavy atom. The predicted octanol–water partition coefficient (Wildman–Crippen LogP) is 1.82. The van der Waals surface area contributed by atoms with E-state index in [1.807, 2.05) is 12.1 Å². The lowest BCUT2D eigenvalue weighted by Crippen LogP contribution is -2.26. The highest BCUT2D eigenvalue weighted by Crippen LogP contribution is 2.33. The molecule has 2 aliphatic heterocycles. The van der Waals surface area contributed by atoms with E-state index in [0.717, 1.165) is 24.9 Å². The molecule has 0 amide bonds. The van der Waals surface area contributed by atoms with E-state index in [1.165, 1.54) is 18.8 Å². The molecule has 2 aliphatic rings. The number of rotatable bonds is 1. The largest absolute Gasteiger partial charge is 0.371 e. The van der Waals surface area contributed by atoms with Crippen molar-refractivity contribution in [2.45, 2.75) is 0 Å². The molecule has 3 rings (SSSR count). The van der Waals surface area contributed by atoms with Crippen molar-refractivity contribution in [3.8, 4) is 0 Å². The van der Waals surface area contributed by atoms with E-state index in [-0.39, 0.29) is 5.82 Å². The van der Waals surface area contributed by atoms with Crippen LogP contribution in [0.4, 0.5) is 10.1 Å². The van der Waals surface area contributed by atoms with Crippen LogP contribution in [0.3, 0.4) is 0 Å². The van der Waals surface area contributed by atoms with Gasteiger partial charge in [0.2, 0.25) is 0 Å². The Morgan fingerprint density at radius 3 is 2.12 bits per heavy atom. The highest BCUT2D eigenvalue weighted by atomic mass is 19.1. The summed E-state index contributed by atoms with van der Waals surface area (Å²) in [5.74, 6) is 1.45. The molecule has 2 nitrogen and oxygen atoms in total. The highest BCUT2D eigenvalue weighted by Gasteiger charge is 2.38. The van der Waals surface area contributed by atoms with Crippen molar-refractivity contribution >= 4 is 5.69 Å². The van der Waals surface area contributed by atoms with E-state index in [1.54, 1.807) is 12.1 Å². The molecule has 0 N–H and O–H groups in total. The molecule has 0 aliphatic carbocycles. The predicted molar refractivity (Wildman–Crippen MR) is 63.1 cm³/mol. The van der Waals surface area contributed by atoms with Crippen LogP contribution >= 0.6 is 0 Å². The Morgan fingerprint density at radius 2 is 1.56 bits per heavy atom. The molecule has 16 heavy (non-hydrogen) atoms. The molecule has 0 unspecified atom stereocenters. The van der Waals surface area contributed by atoms with Crippen molar-refractivity contribution in [2.24, 2.45) is 11.8 Å². The lowest BCUT2D eigenvalue weighted by atomic mass is 10.0. The first kappa shape index (κ1) is 10.1. The van der Waals surface area contributed by atoms with Gasteiger partial charge in [0.1, 0.15) is 5.82 Å². The molecule has 1 aromatic carbocycles. The molecule has 2 saturated heterocycles. The molecule has 0 aromatic heterocycles. The maximum Gasteiger partial charge on any atom is 0.123 e. The Hall–Kier alpha value is -1.09. The fourth-order valence-corrected chi connectivity index (χ4v) is 3.09. The van der Waals surface area contributed by atoms with Crippen molar-refractivity contribution in [2.75, 3.05) is 38.1 Å². The summed E-state index contributed by atoms with van der Waals surface area (Å²) < 4.78 is 12.8. The zero-order valence-corrected chi connectivity index (χ0v) is 9.56. The molecule has 2 atom stereocenters. The standard InChI is InChI=1S/C13H17FN2/c1-15-6-10-8-16(9-11(10)7-15)13-4-2-12(14)3-5-13/h2-5,10-11H,6-9H2,1H3/t10-,11-/m1/s1. The maximum atomic E-state index is 12.8. The van der Waals surface area contributed by atoms with E-state index in [4.69, 9.17) is 0 Å². The number of halogens is 1. The minimum atomic E-state index is -0.150. The summed E-state index contributed by atoms with van der Waals surface area (Å²) in [5.41, 5.74) is 1.17. The molecule has 0 bridgehead atoms. The van der Waals surface area contributed by atoms with E-state index < -0.39 is 0 Å². The number of benzene rings is 1. The summed E-state index contributed by atoms with van der Waals surface area (Å²) in [6.07, 6.45) is 0. The minimum Gasteiger partial charge on any atom is -0.371 e. The monoisotopic (exact) mass is 220 g/mol.